The van der Waals surface area contributed by atoms with Gasteiger partial charge in [0.15, 0.2) is 12.2 Å². The Hall–Kier alpha value is -6.18. The Morgan fingerprint density at radius 2 is 1.19 bits per heavy atom. The summed E-state index contributed by atoms with van der Waals surface area (Å²) in [6, 6.07) is 11.8. The summed E-state index contributed by atoms with van der Waals surface area (Å²) in [6.07, 6.45) is 5.97. The van der Waals surface area contributed by atoms with Gasteiger partial charge in [-0.2, -0.15) is 0 Å². The Bertz CT molecular complexity index is 2050. The summed E-state index contributed by atoms with van der Waals surface area (Å²) in [6.45, 7) is 12.6. The monoisotopic (exact) mass is 734 g/mol. The SMILES string of the molecule is C=CC[C@H](OC(N)=O)C(=O)N1CCC[C@H]1c1ncc(-c2ccc(-c3ccc(-c4cnc([C@@H]5CCCN5C(=O)[C@H](CC=C)OC(N)=O)[nH]4)c(C)c3C)cc2)[nH]1. The van der Waals surface area contributed by atoms with Crippen LogP contribution >= 0.6 is 0 Å². The summed E-state index contributed by atoms with van der Waals surface area (Å²) in [5.74, 6) is 0.707. The van der Waals surface area contributed by atoms with Gasteiger partial charge in [0.05, 0.1) is 35.9 Å². The van der Waals surface area contributed by atoms with Gasteiger partial charge in [0.1, 0.15) is 11.6 Å². The van der Waals surface area contributed by atoms with Crippen LogP contribution < -0.4 is 11.5 Å². The number of likely N-dealkylation sites (tertiary alicyclic amines) is 2. The number of hydrogen-bond donors (Lipinski definition) is 4. The van der Waals surface area contributed by atoms with Crippen molar-refractivity contribution < 1.29 is 28.7 Å². The van der Waals surface area contributed by atoms with Crippen LogP contribution in [0.1, 0.15) is 73.4 Å². The predicted molar refractivity (Wildman–Crippen MR) is 202 cm³/mol. The normalized spacial score (nSPS) is 17.9. The maximum absolute atomic E-state index is 13.3. The molecule has 54 heavy (non-hydrogen) atoms. The van der Waals surface area contributed by atoms with Crippen molar-refractivity contribution in [1.82, 2.24) is 29.7 Å². The Labute approximate surface area is 313 Å². The molecule has 2 fully saturated rings. The number of carbonyl (C=O) groups is 4. The van der Waals surface area contributed by atoms with E-state index in [0.29, 0.717) is 24.7 Å². The highest BCUT2D eigenvalue weighted by Gasteiger charge is 2.38. The number of nitrogens with one attached hydrogen (secondary N) is 2. The number of nitrogens with two attached hydrogens (primary N) is 2. The summed E-state index contributed by atoms with van der Waals surface area (Å²) in [5, 5.41) is 0. The molecule has 4 aromatic rings. The zero-order chi connectivity index (χ0) is 38.5. The molecule has 0 spiro atoms. The average Bonchev–Trinajstić information content (AvgIpc) is 3.98. The van der Waals surface area contributed by atoms with Gasteiger partial charge >= 0.3 is 12.2 Å². The molecule has 2 aromatic heterocycles. The highest BCUT2D eigenvalue weighted by atomic mass is 16.6. The molecule has 282 valence electrons. The van der Waals surface area contributed by atoms with Gasteiger partial charge in [0.2, 0.25) is 0 Å². The Morgan fingerprint density at radius 1 is 0.741 bits per heavy atom. The molecule has 2 aromatic carbocycles. The molecule has 14 heteroatoms. The van der Waals surface area contributed by atoms with Crippen LogP contribution in [0.15, 0.2) is 74.1 Å². The van der Waals surface area contributed by atoms with Crippen molar-refractivity contribution in [3.05, 3.63) is 96.9 Å². The minimum absolute atomic E-state index is 0.171. The zero-order valence-corrected chi connectivity index (χ0v) is 30.5. The first-order valence-corrected chi connectivity index (χ1v) is 18.1. The minimum atomic E-state index is -1.02. The lowest BCUT2D eigenvalue weighted by atomic mass is 9.92. The highest BCUT2D eigenvalue weighted by molar-refractivity contribution is 5.85. The molecular weight excluding hydrogens is 688 g/mol. The summed E-state index contributed by atoms with van der Waals surface area (Å²) in [5.41, 5.74) is 18.4. The molecule has 4 amide bonds. The number of rotatable bonds is 13. The number of nitrogens with zero attached hydrogens (tertiary/aromatic N) is 4. The van der Waals surface area contributed by atoms with E-state index in [0.717, 1.165) is 70.5 Å². The van der Waals surface area contributed by atoms with Crippen LogP contribution in [0.5, 0.6) is 0 Å². The zero-order valence-electron chi connectivity index (χ0n) is 30.5. The van der Waals surface area contributed by atoms with E-state index in [1.807, 2.05) is 12.1 Å². The van der Waals surface area contributed by atoms with E-state index in [1.54, 1.807) is 22.2 Å². The second-order valence-corrected chi connectivity index (χ2v) is 13.6. The van der Waals surface area contributed by atoms with Gasteiger partial charge in [0.25, 0.3) is 11.8 Å². The summed E-state index contributed by atoms with van der Waals surface area (Å²) >= 11 is 0. The summed E-state index contributed by atoms with van der Waals surface area (Å²) in [4.78, 5) is 69.0. The predicted octanol–water partition coefficient (Wildman–Crippen LogP) is 6.16. The number of benzene rings is 2. The average molecular weight is 735 g/mol. The molecule has 2 aliphatic heterocycles. The number of primary amides is 2. The third-order valence-corrected chi connectivity index (χ3v) is 10.3. The van der Waals surface area contributed by atoms with Crippen LogP contribution in [0.2, 0.25) is 0 Å². The van der Waals surface area contributed by atoms with E-state index < -0.39 is 24.4 Å². The van der Waals surface area contributed by atoms with E-state index in [9.17, 15) is 19.2 Å². The fourth-order valence-corrected chi connectivity index (χ4v) is 7.53. The molecule has 0 bridgehead atoms. The van der Waals surface area contributed by atoms with Gasteiger partial charge in [-0.05, 0) is 67.3 Å². The Balaban J connectivity index is 1.16. The van der Waals surface area contributed by atoms with Crippen LogP contribution in [-0.2, 0) is 19.1 Å². The number of amides is 4. The number of aromatic amines is 2. The van der Waals surface area contributed by atoms with Crippen molar-refractivity contribution in [1.29, 1.82) is 0 Å². The van der Waals surface area contributed by atoms with Gasteiger partial charge in [-0.1, -0.05) is 48.6 Å². The molecule has 0 unspecified atom stereocenters. The van der Waals surface area contributed by atoms with Crippen LogP contribution in [0.4, 0.5) is 9.59 Å². The van der Waals surface area contributed by atoms with Gasteiger partial charge in [0, 0.05) is 31.5 Å². The molecule has 6 rings (SSSR count). The number of carbonyl (C=O) groups excluding carboxylic acids is 4. The van der Waals surface area contributed by atoms with Gasteiger partial charge < -0.3 is 40.7 Å². The van der Waals surface area contributed by atoms with Crippen molar-refractivity contribution in [2.45, 2.75) is 76.7 Å². The molecule has 4 atom stereocenters. The quantitative estimate of drug-likeness (QED) is 0.117. The molecule has 14 nitrogen and oxygen atoms in total. The number of hydrogen-bond acceptors (Lipinski definition) is 8. The minimum Gasteiger partial charge on any atom is -0.436 e. The fraction of sp³-hybridized carbons (Fsp3) is 0.350. The molecule has 4 heterocycles. The van der Waals surface area contributed by atoms with Crippen molar-refractivity contribution in [2.24, 2.45) is 11.5 Å². The van der Waals surface area contributed by atoms with Gasteiger partial charge in [-0.15, -0.1) is 13.2 Å². The number of aromatic nitrogens is 4. The molecular formula is C40H46N8O6. The van der Waals surface area contributed by atoms with Crippen molar-refractivity contribution in [3.63, 3.8) is 0 Å². The van der Waals surface area contributed by atoms with Crippen LogP contribution in [0, 0.1) is 13.8 Å². The Kier molecular flexibility index (Phi) is 11.3. The van der Waals surface area contributed by atoms with E-state index in [4.69, 9.17) is 20.9 Å². The lowest BCUT2D eigenvalue weighted by Crippen LogP contribution is -2.41. The number of ether oxygens (including phenoxy) is 2. The third kappa shape index (κ3) is 7.77. The van der Waals surface area contributed by atoms with E-state index in [1.165, 1.54) is 12.2 Å². The molecule has 0 radical (unpaired) electrons. The number of H-pyrrole nitrogens is 2. The maximum Gasteiger partial charge on any atom is 0.405 e. The van der Waals surface area contributed by atoms with Crippen molar-refractivity contribution in [2.75, 3.05) is 13.1 Å². The van der Waals surface area contributed by atoms with Gasteiger partial charge in [-0.3, -0.25) is 9.59 Å². The van der Waals surface area contributed by atoms with Crippen molar-refractivity contribution >= 4 is 24.0 Å². The number of imidazole rings is 2. The first-order chi connectivity index (χ1) is 26.0. The molecule has 6 N–H and O–H groups in total. The second-order valence-electron chi connectivity index (χ2n) is 13.6. The maximum atomic E-state index is 13.3. The first-order valence-electron chi connectivity index (χ1n) is 18.1. The van der Waals surface area contributed by atoms with Crippen LogP contribution in [0.3, 0.4) is 0 Å². The van der Waals surface area contributed by atoms with E-state index in [2.05, 4.69) is 71.2 Å². The summed E-state index contributed by atoms with van der Waals surface area (Å²) < 4.78 is 10.2. The van der Waals surface area contributed by atoms with Crippen molar-refractivity contribution in [3.8, 4) is 33.6 Å². The van der Waals surface area contributed by atoms with Gasteiger partial charge in [-0.25, -0.2) is 19.6 Å². The smallest absolute Gasteiger partial charge is 0.405 e. The molecule has 2 saturated heterocycles. The molecule has 0 saturated carbocycles. The molecule has 0 aliphatic carbocycles. The van der Waals surface area contributed by atoms with E-state index in [-0.39, 0.29) is 36.7 Å². The van der Waals surface area contributed by atoms with Crippen LogP contribution in [-0.4, -0.2) is 79.0 Å². The Morgan fingerprint density at radius 3 is 1.69 bits per heavy atom. The fourth-order valence-electron chi connectivity index (χ4n) is 7.53. The largest absolute Gasteiger partial charge is 0.436 e. The standard InChI is InChI=1S/C40H46N8O6/c1-5-9-33(53-39(41)51)37(49)47-19-7-11-31(47)35-43-21-29(45-35)26-15-13-25(14-16-26)27-17-18-28(24(4)23(27)3)30-22-44-36(46-30)32-12-8-20-48(32)38(50)34(10-6-2)54-40(42)52/h5-6,13-18,21-22,31-34H,1-2,7-12,19-20H2,3-4H3,(H2,41,51)(H2,42,52)(H,43,45)(H,44,46)/t31-,32-,33-,34-/m0/s1. The highest BCUT2D eigenvalue weighted by Crippen LogP contribution is 2.37. The van der Waals surface area contributed by atoms with Crippen LogP contribution in [0.25, 0.3) is 33.6 Å². The summed E-state index contributed by atoms with van der Waals surface area (Å²) in [7, 11) is 0. The topological polar surface area (TPSA) is 203 Å². The first kappa shape index (κ1) is 37.6. The van der Waals surface area contributed by atoms with E-state index >= 15 is 0 Å². The molecule has 2 aliphatic rings. The lowest BCUT2D eigenvalue weighted by Gasteiger charge is -2.27. The lowest BCUT2D eigenvalue weighted by molar-refractivity contribution is -0.141. The third-order valence-electron chi connectivity index (χ3n) is 10.3. The second kappa shape index (κ2) is 16.2.